The van der Waals surface area contributed by atoms with E-state index >= 15 is 0 Å². The third-order valence-corrected chi connectivity index (χ3v) is 3.60. The van der Waals surface area contributed by atoms with E-state index in [4.69, 9.17) is 5.11 Å². The molecule has 7 nitrogen and oxygen atoms in total. The normalized spacial score (nSPS) is 12.3. The molecule has 0 saturated heterocycles. The summed E-state index contributed by atoms with van der Waals surface area (Å²) in [5, 5.41) is 29.8. The second kappa shape index (κ2) is 5.70. The molecule has 0 aliphatic carbocycles. The predicted molar refractivity (Wildman–Crippen MR) is 68.3 cm³/mol. The van der Waals surface area contributed by atoms with Gasteiger partial charge in [-0.05, 0) is 34.7 Å². The Kier molecular flexibility index (Phi) is 4.00. The van der Waals surface area contributed by atoms with Crippen molar-refractivity contribution in [2.75, 3.05) is 5.75 Å². The summed E-state index contributed by atoms with van der Waals surface area (Å²) < 4.78 is 1.50. The molecule has 1 unspecified atom stereocenters. The molecule has 2 aromatic rings. The van der Waals surface area contributed by atoms with Gasteiger partial charge in [-0.3, -0.25) is 4.79 Å². The summed E-state index contributed by atoms with van der Waals surface area (Å²) in [7, 11) is 0. The lowest BCUT2D eigenvalue weighted by molar-refractivity contribution is -0.140. The van der Waals surface area contributed by atoms with Crippen molar-refractivity contribution in [3.05, 3.63) is 24.3 Å². The Morgan fingerprint density at radius 2 is 2.11 bits per heavy atom. The molecule has 1 aromatic heterocycles. The van der Waals surface area contributed by atoms with Crippen LogP contribution in [0.25, 0.3) is 5.69 Å². The Bertz CT molecular complexity index is 570. The number of rotatable bonds is 5. The Hall–Kier alpha value is -2.09. The van der Waals surface area contributed by atoms with Crippen LogP contribution in [0, 0.1) is 5.92 Å². The van der Waals surface area contributed by atoms with Crippen LogP contribution in [0.4, 0.5) is 0 Å². The van der Waals surface area contributed by atoms with Crippen molar-refractivity contribution in [1.82, 2.24) is 20.2 Å². The summed E-state index contributed by atoms with van der Waals surface area (Å²) in [6.45, 7) is 1.63. The van der Waals surface area contributed by atoms with Crippen molar-refractivity contribution in [1.29, 1.82) is 0 Å². The van der Waals surface area contributed by atoms with Crippen LogP contribution in [0.15, 0.2) is 29.4 Å². The number of hydrogen-bond donors (Lipinski definition) is 2. The van der Waals surface area contributed by atoms with Gasteiger partial charge in [0, 0.05) is 5.75 Å². The molecule has 2 N–H and O–H groups in total. The molecule has 0 saturated carbocycles. The molecule has 1 aromatic carbocycles. The van der Waals surface area contributed by atoms with Crippen LogP contribution in [-0.2, 0) is 4.79 Å². The number of benzene rings is 1. The van der Waals surface area contributed by atoms with E-state index < -0.39 is 11.9 Å². The highest BCUT2D eigenvalue weighted by molar-refractivity contribution is 7.99. The smallest absolute Gasteiger partial charge is 0.307 e. The summed E-state index contributed by atoms with van der Waals surface area (Å²) in [5.41, 5.74) is 0.702. The molecule has 0 radical (unpaired) electrons. The average molecular weight is 280 g/mol. The van der Waals surface area contributed by atoms with Crippen molar-refractivity contribution in [2.24, 2.45) is 5.92 Å². The zero-order valence-electron chi connectivity index (χ0n) is 10.1. The van der Waals surface area contributed by atoms with Gasteiger partial charge in [-0.25, -0.2) is 0 Å². The second-order valence-electron chi connectivity index (χ2n) is 3.94. The molecule has 1 heterocycles. The van der Waals surface area contributed by atoms with Crippen molar-refractivity contribution >= 4 is 17.7 Å². The summed E-state index contributed by atoms with van der Waals surface area (Å²) in [4.78, 5) is 10.8. The first-order valence-corrected chi connectivity index (χ1v) is 6.50. The van der Waals surface area contributed by atoms with Gasteiger partial charge in [0.15, 0.2) is 0 Å². The molecule has 0 amide bonds. The van der Waals surface area contributed by atoms with Gasteiger partial charge in [-0.15, -0.1) is 5.10 Å². The van der Waals surface area contributed by atoms with Crippen LogP contribution in [0.2, 0.25) is 0 Å². The highest BCUT2D eigenvalue weighted by atomic mass is 32.2. The Morgan fingerprint density at radius 3 is 2.74 bits per heavy atom. The van der Waals surface area contributed by atoms with Crippen LogP contribution in [-0.4, -0.2) is 42.1 Å². The maximum atomic E-state index is 10.8. The number of aliphatic carboxylic acids is 1. The number of carboxylic acid groups (broad SMARTS) is 1. The number of carboxylic acids is 1. The van der Waals surface area contributed by atoms with Crippen LogP contribution >= 0.6 is 11.8 Å². The highest BCUT2D eigenvalue weighted by Crippen LogP contribution is 2.21. The third-order valence-electron chi connectivity index (χ3n) is 2.42. The number of thioether (sulfide) groups is 1. The van der Waals surface area contributed by atoms with E-state index in [2.05, 4.69) is 15.5 Å². The van der Waals surface area contributed by atoms with E-state index in [9.17, 15) is 9.90 Å². The van der Waals surface area contributed by atoms with Crippen molar-refractivity contribution in [3.63, 3.8) is 0 Å². The highest BCUT2D eigenvalue weighted by Gasteiger charge is 2.15. The monoisotopic (exact) mass is 280 g/mol. The first-order chi connectivity index (χ1) is 9.08. The van der Waals surface area contributed by atoms with Crippen LogP contribution in [0.3, 0.4) is 0 Å². The number of aromatic nitrogens is 4. The van der Waals surface area contributed by atoms with E-state index in [0.717, 1.165) is 0 Å². The van der Waals surface area contributed by atoms with Crippen LogP contribution < -0.4 is 0 Å². The minimum atomic E-state index is -0.851. The number of hydrogen-bond acceptors (Lipinski definition) is 6. The average Bonchev–Trinajstić information content (AvgIpc) is 2.85. The van der Waals surface area contributed by atoms with E-state index in [1.807, 2.05) is 0 Å². The Labute approximate surface area is 113 Å². The van der Waals surface area contributed by atoms with E-state index in [0.29, 0.717) is 16.6 Å². The number of nitrogens with zero attached hydrogens (tertiary/aromatic N) is 4. The number of phenols is 1. The molecular formula is C11H12N4O3S. The Balaban J connectivity index is 2.14. The second-order valence-corrected chi connectivity index (χ2v) is 4.93. The topological polar surface area (TPSA) is 101 Å². The minimum absolute atomic E-state index is 0.158. The molecule has 0 aliphatic heterocycles. The summed E-state index contributed by atoms with van der Waals surface area (Å²) in [6, 6.07) is 6.42. The molecule has 1 atom stereocenters. The molecule has 2 rings (SSSR count). The van der Waals surface area contributed by atoms with Gasteiger partial charge in [-0.1, -0.05) is 18.7 Å². The third kappa shape index (κ3) is 3.22. The van der Waals surface area contributed by atoms with Gasteiger partial charge in [-0.2, -0.15) is 4.68 Å². The molecule has 0 aliphatic rings. The first-order valence-electron chi connectivity index (χ1n) is 5.51. The van der Waals surface area contributed by atoms with Gasteiger partial charge in [0.25, 0.3) is 0 Å². The van der Waals surface area contributed by atoms with Gasteiger partial charge < -0.3 is 10.2 Å². The predicted octanol–water partition coefficient (Wildman–Crippen LogP) is 1.18. The lowest BCUT2D eigenvalue weighted by Gasteiger charge is -2.06. The molecule has 0 fully saturated rings. The van der Waals surface area contributed by atoms with E-state index in [1.165, 1.54) is 28.6 Å². The number of tetrazole rings is 1. The standard InChI is InChI=1S/C11H12N4O3S/c1-7(10(17)18)6-19-11-12-13-14-15(11)8-2-4-9(16)5-3-8/h2-5,7,16H,6H2,1H3,(H,17,18). The maximum absolute atomic E-state index is 10.8. The maximum Gasteiger partial charge on any atom is 0.307 e. The SMILES string of the molecule is CC(CSc1nnnn1-c1ccc(O)cc1)C(=O)O. The fourth-order valence-corrected chi connectivity index (χ4v) is 2.20. The quantitative estimate of drug-likeness (QED) is 0.793. The van der Waals surface area contributed by atoms with Crippen LogP contribution in [0.5, 0.6) is 5.75 Å². The molecule has 8 heteroatoms. The Morgan fingerprint density at radius 1 is 1.42 bits per heavy atom. The van der Waals surface area contributed by atoms with Crippen LogP contribution in [0.1, 0.15) is 6.92 Å². The zero-order chi connectivity index (χ0) is 13.8. The number of aromatic hydroxyl groups is 1. The molecule has 0 spiro atoms. The summed E-state index contributed by atoms with van der Waals surface area (Å²) >= 11 is 1.27. The lowest BCUT2D eigenvalue weighted by atomic mass is 10.2. The molecule has 100 valence electrons. The first kappa shape index (κ1) is 13.3. The van der Waals surface area contributed by atoms with Crippen molar-refractivity contribution in [3.8, 4) is 11.4 Å². The number of phenolic OH excluding ortho intramolecular Hbond substituents is 1. The molecular weight excluding hydrogens is 268 g/mol. The molecule has 19 heavy (non-hydrogen) atoms. The van der Waals surface area contributed by atoms with E-state index in [-0.39, 0.29) is 5.75 Å². The fourth-order valence-electron chi connectivity index (χ4n) is 1.30. The van der Waals surface area contributed by atoms with E-state index in [1.54, 1.807) is 19.1 Å². The van der Waals surface area contributed by atoms with Gasteiger partial charge in [0.2, 0.25) is 5.16 Å². The summed E-state index contributed by atoms with van der Waals surface area (Å²) in [5.74, 6) is -0.787. The lowest BCUT2D eigenvalue weighted by Crippen LogP contribution is -2.12. The zero-order valence-corrected chi connectivity index (χ0v) is 10.9. The largest absolute Gasteiger partial charge is 0.508 e. The summed E-state index contributed by atoms with van der Waals surface area (Å²) in [6.07, 6.45) is 0. The fraction of sp³-hybridized carbons (Fsp3) is 0.273. The van der Waals surface area contributed by atoms with Gasteiger partial charge >= 0.3 is 5.97 Å². The van der Waals surface area contributed by atoms with Crippen molar-refractivity contribution in [2.45, 2.75) is 12.1 Å². The van der Waals surface area contributed by atoms with Gasteiger partial charge in [0.05, 0.1) is 11.6 Å². The van der Waals surface area contributed by atoms with Gasteiger partial charge in [0.1, 0.15) is 5.75 Å². The minimum Gasteiger partial charge on any atom is -0.508 e. The molecule has 0 bridgehead atoms. The van der Waals surface area contributed by atoms with Crippen molar-refractivity contribution < 1.29 is 15.0 Å². The number of carbonyl (C=O) groups is 1.